The van der Waals surface area contributed by atoms with Crippen molar-refractivity contribution >= 4 is 11.6 Å². The first-order chi connectivity index (χ1) is 8.16. The maximum atomic E-state index is 4.52. The molecule has 17 heavy (non-hydrogen) atoms. The van der Waals surface area contributed by atoms with Crippen LogP contribution in [0.3, 0.4) is 0 Å². The summed E-state index contributed by atoms with van der Waals surface area (Å²) < 4.78 is 1.89. The van der Waals surface area contributed by atoms with Crippen LogP contribution in [0.1, 0.15) is 38.3 Å². The number of aromatic nitrogens is 3. The van der Waals surface area contributed by atoms with Crippen LogP contribution in [0.2, 0.25) is 0 Å². The summed E-state index contributed by atoms with van der Waals surface area (Å²) in [6.45, 7) is 4.31. The number of hydrogen-bond donors (Lipinski definition) is 1. The van der Waals surface area contributed by atoms with E-state index in [0.29, 0.717) is 0 Å². The summed E-state index contributed by atoms with van der Waals surface area (Å²) in [6.07, 6.45) is 5.02. The average molecular weight is 230 g/mol. The fourth-order valence-corrected chi connectivity index (χ4v) is 2.64. The third kappa shape index (κ3) is 1.88. The van der Waals surface area contributed by atoms with Crippen molar-refractivity contribution in [3.8, 4) is 0 Å². The Labute approximate surface area is 101 Å². The molecular formula is C13H18N4. The predicted octanol–water partition coefficient (Wildman–Crippen LogP) is 2.78. The summed E-state index contributed by atoms with van der Waals surface area (Å²) in [6, 6.07) is 6.05. The van der Waals surface area contributed by atoms with Crippen molar-refractivity contribution in [1.29, 1.82) is 0 Å². The molecule has 1 fully saturated rings. The molecule has 2 heterocycles. The molecule has 0 amide bonds. The van der Waals surface area contributed by atoms with Crippen LogP contribution in [0.25, 0.3) is 5.65 Å². The standard InChI is InChI=1S/C13H18N4/c1-10-6-5-7-11-14-12(16-17(10)11)15-13(2)8-3-4-9-13/h5-7H,3-4,8-9H2,1-2H3,(H,15,16). The number of anilines is 1. The summed E-state index contributed by atoms with van der Waals surface area (Å²) in [5.74, 6) is 0.753. The average Bonchev–Trinajstić information content (AvgIpc) is 2.86. The second-order valence-corrected chi connectivity index (χ2v) is 5.27. The van der Waals surface area contributed by atoms with Crippen LogP contribution in [0, 0.1) is 6.92 Å². The van der Waals surface area contributed by atoms with E-state index in [9.17, 15) is 0 Å². The lowest BCUT2D eigenvalue weighted by Gasteiger charge is -2.23. The van der Waals surface area contributed by atoms with Gasteiger partial charge in [0.1, 0.15) is 0 Å². The third-order valence-corrected chi connectivity index (χ3v) is 3.67. The van der Waals surface area contributed by atoms with Gasteiger partial charge in [-0.15, -0.1) is 5.10 Å². The van der Waals surface area contributed by atoms with E-state index in [0.717, 1.165) is 17.3 Å². The molecule has 0 atom stereocenters. The van der Waals surface area contributed by atoms with Gasteiger partial charge in [-0.2, -0.15) is 4.98 Å². The molecule has 2 aromatic heterocycles. The lowest BCUT2D eigenvalue weighted by Crippen LogP contribution is -2.31. The second kappa shape index (κ2) is 3.72. The summed E-state index contributed by atoms with van der Waals surface area (Å²) in [5.41, 5.74) is 2.20. The zero-order valence-electron chi connectivity index (χ0n) is 10.4. The van der Waals surface area contributed by atoms with Crippen LogP contribution in [-0.4, -0.2) is 20.1 Å². The van der Waals surface area contributed by atoms with Crippen molar-refractivity contribution < 1.29 is 0 Å². The third-order valence-electron chi connectivity index (χ3n) is 3.67. The van der Waals surface area contributed by atoms with Crippen molar-refractivity contribution in [3.63, 3.8) is 0 Å². The zero-order valence-corrected chi connectivity index (χ0v) is 10.4. The van der Waals surface area contributed by atoms with Gasteiger partial charge >= 0.3 is 0 Å². The van der Waals surface area contributed by atoms with Gasteiger partial charge in [-0.25, -0.2) is 4.52 Å². The molecule has 0 aromatic carbocycles. The Morgan fingerprint density at radius 2 is 2.06 bits per heavy atom. The molecular weight excluding hydrogens is 212 g/mol. The predicted molar refractivity (Wildman–Crippen MR) is 68.2 cm³/mol. The minimum atomic E-state index is 0.179. The van der Waals surface area contributed by atoms with E-state index in [1.807, 2.05) is 29.6 Å². The smallest absolute Gasteiger partial charge is 0.243 e. The summed E-state index contributed by atoms with van der Waals surface area (Å²) >= 11 is 0. The molecule has 4 nitrogen and oxygen atoms in total. The first-order valence-electron chi connectivity index (χ1n) is 6.27. The lowest BCUT2D eigenvalue weighted by molar-refractivity contribution is 0.528. The van der Waals surface area contributed by atoms with E-state index >= 15 is 0 Å². The molecule has 0 bridgehead atoms. The van der Waals surface area contributed by atoms with Crippen LogP contribution in [0.4, 0.5) is 5.95 Å². The van der Waals surface area contributed by atoms with Gasteiger partial charge in [0.05, 0.1) is 0 Å². The Morgan fingerprint density at radius 1 is 1.29 bits per heavy atom. The van der Waals surface area contributed by atoms with E-state index in [1.54, 1.807) is 0 Å². The number of fused-ring (bicyclic) bond motifs is 1. The van der Waals surface area contributed by atoms with Gasteiger partial charge in [-0.1, -0.05) is 18.9 Å². The highest BCUT2D eigenvalue weighted by molar-refractivity contribution is 5.45. The van der Waals surface area contributed by atoms with Gasteiger partial charge in [0.2, 0.25) is 5.95 Å². The SMILES string of the molecule is Cc1cccc2nc(NC3(C)CCCC3)nn12. The number of nitrogens with one attached hydrogen (secondary N) is 1. The highest BCUT2D eigenvalue weighted by Crippen LogP contribution is 2.31. The Hall–Kier alpha value is -1.58. The molecule has 0 spiro atoms. The lowest BCUT2D eigenvalue weighted by atomic mass is 10.0. The maximum absolute atomic E-state index is 4.52. The highest BCUT2D eigenvalue weighted by Gasteiger charge is 2.29. The minimum absolute atomic E-state index is 0.179. The number of aryl methyl sites for hydroxylation is 1. The summed E-state index contributed by atoms with van der Waals surface area (Å²) in [4.78, 5) is 4.52. The fraction of sp³-hybridized carbons (Fsp3) is 0.538. The van der Waals surface area contributed by atoms with Gasteiger partial charge in [-0.05, 0) is 38.8 Å². The normalized spacial score (nSPS) is 18.7. The Kier molecular flexibility index (Phi) is 2.31. The minimum Gasteiger partial charge on any atom is -0.348 e. The van der Waals surface area contributed by atoms with E-state index in [-0.39, 0.29) is 5.54 Å². The molecule has 90 valence electrons. The first kappa shape index (κ1) is 10.6. The molecule has 1 saturated carbocycles. The van der Waals surface area contributed by atoms with E-state index in [1.165, 1.54) is 25.7 Å². The molecule has 0 unspecified atom stereocenters. The maximum Gasteiger partial charge on any atom is 0.243 e. The Balaban J connectivity index is 1.93. The number of pyridine rings is 1. The monoisotopic (exact) mass is 230 g/mol. The van der Waals surface area contributed by atoms with Gasteiger partial charge in [0, 0.05) is 11.2 Å². The van der Waals surface area contributed by atoms with Gasteiger partial charge in [0.25, 0.3) is 0 Å². The quantitative estimate of drug-likeness (QED) is 0.862. The summed E-state index contributed by atoms with van der Waals surface area (Å²) in [7, 11) is 0. The van der Waals surface area contributed by atoms with Crippen LogP contribution in [-0.2, 0) is 0 Å². The molecule has 1 aliphatic rings. The van der Waals surface area contributed by atoms with Crippen molar-refractivity contribution in [1.82, 2.24) is 14.6 Å². The van der Waals surface area contributed by atoms with E-state index < -0.39 is 0 Å². The zero-order chi connectivity index (χ0) is 11.9. The molecule has 0 aliphatic heterocycles. The van der Waals surface area contributed by atoms with Gasteiger partial charge in [0.15, 0.2) is 5.65 Å². The molecule has 1 N–H and O–H groups in total. The Morgan fingerprint density at radius 3 is 2.76 bits per heavy atom. The fourth-order valence-electron chi connectivity index (χ4n) is 2.64. The Bertz CT molecular complexity index is 537. The topological polar surface area (TPSA) is 42.2 Å². The van der Waals surface area contributed by atoms with Crippen molar-refractivity contribution in [2.45, 2.75) is 45.1 Å². The molecule has 0 radical (unpaired) electrons. The molecule has 3 rings (SSSR count). The van der Waals surface area contributed by atoms with E-state index in [4.69, 9.17) is 0 Å². The van der Waals surface area contributed by atoms with Crippen molar-refractivity contribution in [3.05, 3.63) is 23.9 Å². The van der Waals surface area contributed by atoms with Crippen LogP contribution in [0.5, 0.6) is 0 Å². The van der Waals surface area contributed by atoms with Gasteiger partial charge < -0.3 is 5.32 Å². The van der Waals surface area contributed by atoms with Crippen molar-refractivity contribution in [2.75, 3.05) is 5.32 Å². The number of nitrogens with zero attached hydrogens (tertiary/aromatic N) is 3. The number of rotatable bonds is 2. The van der Waals surface area contributed by atoms with Gasteiger partial charge in [-0.3, -0.25) is 0 Å². The largest absolute Gasteiger partial charge is 0.348 e. The summed E-state index contributed by atoms with van der Waals surface area (Å²) in [5, 5.41) is 8.01. The molecule has 0 saturated heterocycles. The van der Waals surface area contributed by atoms with E-state index in [2.05, 4.69) is 22.3 Å². The molecule has 2 aromatic rings. The molecule has 1 aliphatic carbocycles. The highest BCUT2D eigenvalue weighted by atomic mass is 15.4. The van der Waals surface area contributed by atoms with Crippen molar-refractivity contribution in [2.24, 2.45) is 0 Å². The first-order valence-corrected chi connectivity index (χ1v) is 6.27. The van der Waals surface area contributed by atoms with Crippen LogP contribution in [0.15, 0.2) is 18.2 Å². The second-order valence-electron chi connectivity index (χ2n) is 5.27. The number of hydrogen-bond acceptors (Lipinski definition) is 3. The van der Waals surface area contributed by atoms with Crippen LogP contribution < -0.4 is 5.32 Å². The van der Waals surface area contributed by atoms with Crippen LogP contribution >= 0.6 is 0 Å². The molecule has 4 heteroatoms.